The Morgan fingerprint density at radius 3 is 2.59 bits per heavy atom. The molecule has 1 fully saturated rings. The van der Waals surface area contributed by atoms with Crippen LogP contribution in [0.5, 0.6) is 0 Å². The van der Waals surface area contributed by atoms with Crippen LogP contribution in [0.15, 0.2) is 30.3 Å². The normalized spacial score (nSPS) is 19.5. The lowest BCUT2D eigenvalue weighted by Crippen LogP contribution is -2.44. The number of amides is 4. The minimum atomic E-state index is -1.19. The fraction of sp³-hybridized carbons (Fsp3) is 0.440. The average molecular weight is 484 g/mol. The largest absolute Gasteiger partial charge is 0.462 e. The van der Waals surface area contributed by atoms with Crippen LogP contribution in [0.4, 0.5) is 9.80 Å². The Bertz CT molecular complexity index is 1110. The first kappa shape index (κ1) is 23.9. The maximum absolute atomic E-state index is 13.4. The van der Waals surface area contributed by atoms with Crippen LogP contribution in [0.1, 0.15) is 65.9 Å². The van der Waals surface area contributed by atoms with E-state index in [1.165, 1.54) is 11.3 Å². The number of nitrogens with one attached hydrogen (secondary N) is 2. The van der Waals surface area contributed by atoms with Gasteiger partial charge in [0.1, 0.15) is 17.1 Å². The molecule has 1 aromatic carbocycles. The minimum absolute atomic E-state index is 0.234. The zero-order valence-electron chi connectivity index (χ0n) is 19.4. The molecule has 0 saturated carbocycles. The Hall–Kier alpha value is -3.20. The van der Waals surface area contributed by atoms with Gasteiger partial charge in [-0.05, 0) is 50.2 Å². The molecule has 4 amide bonds. The first-order chi connectivity index (χ1) is 16.4. The Kier molecular flexibility index (Phi) is 7.02. The molecule has 2 heterocycles. The number of imide groups is 1. The van der Waals surface area contributed by atoms with Gasteiger partial charge < -0.3 is 15.4 Å². The number of urea groups is 1. The summed E-state index contributed by atoms with van der Waals surface area (Å²) in [5.74, 6) is -1.44. The summed E-state index contributed by atoms with van der Waals surface area (Å²) in [6.45, 7) is 3.48. The van der Waals surface area contributed by atoms with E-state index in [1.54, 1.807) is 19.1 Å². The number of rotatable bonds is 8. The summed E-state index contributed by atoms with van der Waals surface area (Å²) in [7, 11) is 0. The average Bonchev–Trinajstić information content (AvgIpc) is 3.30. The van der Waals surface area contributed by atoms with Crippen LogP contribution >= 0.6 is 11.3 Å². The van der Waals surface area contributed by atoms with Crippen molar-refractivity contribution >= 4 is 40.2 Å². The predicted molar refractivity (Wildman–Crippen MR) is 129 cm³/mol. The molecule has 34 heavy (non-hydrogen) atoms. The van der Waals surface area contributed by atoms with Gasteiger partial charge in [-0.3, -0.25) is 14.5 Å². The SMILES string of the molecule is CCC[C@@]1(c2ccccc2)NC(=O)N(CC(=O)Nc2sc3c(c2C(=O)OCC)CCCC3)C1=O. The van der Waals surface area contributed by atoms with Crippen molar-refractivity contribution in [3.05, 3.63) is 51.9 Å². The van der Waals surface area contributed by atoms with Gasteiger partial charge in [-0.25, -0.2) is 9.59 Å². The molecule has 1 aliphatic carbocycles. The highest BCUT2D eigenvalue weighted by Gasteiger charge is 2.52. The van der Waals surface area contributed by atoms with Gasteiger partial charge in [0.15, 0.2) is 0 Å². The summed E-state index contributed by atoms with van der Waals surface area (Å²) in [4.78, 5) is 53.9. The molecular weight excluding hydrogens is 454 g/mol. The smallest absolute Gasteiger partial charge is 0.341 e. The first-order valence-electron chi connectivity index (χ1n) is 11.7. The molecule has 4 rings (SSSR count). The second-order valence-corrected chi connectivity index (χ2v) is 9.63. The van der Waals surface area contributed by atoms with Crippen LogP contribution in [0.3, 0.4) is 0 Å². The number of carbonyl (C=O) groups excluding carboxylic acids is 4. The lowest BCUT2D eigenvalue weighted by atomic mass is 9.85. The van der Waals surface area contributed by atoms with Gasteiger partial charge >= 0.3 is 12.0 Å². The quantitative estimate of drug-likeness (QED) is 0.436. The molecular formula is C25H29N3O5S. The highest BCUT2D eigenvalue weighted by molar-refractivity contribution is 7.17. The molecule has 1 aromatic heterocycles. The molecule has 0 unspecified atom stereocenters. The molecule has 0 bridgehead atoms. The number of hydrogen-bond donors (Lipinski definition) is 2. The van der Waals surface area contributed by atoms with Gasteiger partial charge in [0.05, 0.1) is 12.2 Å². The highest BCUT2D eigenvalue weighted by atomic mass is 32.1. The van der Waals surface area contributed by atoms with Crippen LogP contribution in [0, 0.1) is 0 Å². The number of fused-ring (bicyclic) bond motifs is 1. The second kappa shape index (κ2) is 9.97. The van der Waals surface area contributed by atoms with Crippen molar-refractivity contribution in [2.24, 2.45) is 0 Å². The van der Waals surface area contributed by atoms with E-state index < -0.39 is 35.9 Å². The van der Waals surface area contributed by atoms with Crippen molar-refractivity contribution in [3.63, 3.8) is 0 Å². The van der Waals surface area contributed by atoms with Crippen molar-refractivity contribution in [2.45, 2.75) is 57.9 Å². The van der Waals surface area contributed by atoms with Crippen LogP contribution in [-0.4, -0.2) is 41.9 Å². The van der Waals surface area contributed by atoms with E-state index in [2.05, 4.69) is 10.6 Å². The third-order valence-corrected chi connectivity index (χ3v) is 7.48. The first-order valence-corrected chi connectivity index (χ1v) is 12.5. The fourth-order valence-corrected chi connectivity index (χ4v) is 6.05. The van der Waals surface area contributed by atoms with Gasteiger partial charge in [0.2, 0.25) is 5.91 Å². The van der Waals surface area contributed by atoms with Crippen molar-refractivity contribution in [2.75, 3.05) is 18.5 Å². The molecule has 2 aliphatic rings. The summed E-state index contributed by atoms with van der Waals surface area (Å²) < 4.78 is 5.23. The van der Waals surface area contributed by atoms with Gasteiger partial charge in [0.25, 0.3) is 5.91 Å². The zero-order chi connectivity index (χ0) is 24.3. The number of hydrogen-bond acceptors (Lipinski definition) is 6. The molecule has 2 aromatic rings. The summed E-state index contributed by atoms with van der Waals surface area (Å²) in [5, 5.41) is 6.03. The maximum atomic E-state index is 13.4. The molecule has 180 valence electrons. The van der Waals surface area contributed by atoms with Crippen molar-refractivity contribution in [1.29, 1.82) is 0 Å². The maximum Gasteiger partial charge on any atom is 0.341 e. The third kappa shape index (κ3) is 4.32. The topological polar surface area (TPSA) is 105 Å². The fourth-order valence-electron chi connectivity index (χ4n) is 4.76. The highest BCUT2D eigenvalue weighted by Crippen LogP contribution is 2.39. The lowest BCUT2D eigenvalue weighted by Gasteiger charge is -2.26. The summed E-state index contributed by atoms with van der Waals surface area (Å²) in [6, 6.07) is 8.48. The molecule has 1 aliphatic heterocycles. The van der Waals surface area contributed by atoms with Gasteiger partial charge in [-0.1, -0.05) is 43.7 Å². The van der Waals surface area contributed by atoms with E-state index in [9.17, 15) is 19.2 Å². The Morgan fingerprint density at radius 2 is 1.88 bits per heavy atom. The predicted octanol–water partition coefficient (Wildman–Crippen LogP) is 3.99. The van der Waals surface area contributed by atoms with E-state index in [-0.39, 0.29) is 6.61 Å². The number of aryl methyl sites for hydroxylation is 1. The summed E-state index contributed by atoms with van der Waals surface area (Å²) in [5.41, 5.74) is 0.835. The number of esters is 1. The van der Waals surface area contributed by atoms with Crippen molar-refractivity contribution in [1.82, 2.24) is 10.2 Å². The van der Waals surface area contributed by atoms with E-state index in [4.69, 9.17) is 4.74 Å². The third-order valence-electron chi connectivity index (χ3n) is 6.27. The van der Waals surface area contributed by atoms with Gasteiger partial charge in [-0.15, -0.1) is 11.3 Å². The van der Waals surface area contributed by atoms with Crippen molar-refractivity contribution < 1.29 is 23.9 Å². The van der Waals surface area contributed by atoms with Gasteiger partial charge in [-0.2, -0.15) is 0 Å². The Labute approximate surface area is 202 Å². The van der Waals surface area contributed by atoms with E-state index >= 15 is 0 Å². The molecule has 8 nitrogen and oxygen atoms in total. The Balaban J connectivity index is 1.56. The molecule has 0 spiro atoms. The summed E-state index contributed by atoms with van der Waals surface area (Å²) in [6.07, 6.45) is 4.72. The van der Waals surface area contributed by atoms with Crippen LogP contribution < -0.4 is 10.6 Å². The zero-order valence-corrected chi connectivity index (χ0v) is 20.3. The van der Waals surface area contributed by atoms with E-state index in [0.29, 0.717) is 29.0 Å². The summed E-state index contributed by atoms with van der Waals surface area (Å²) >= 11 is 1.37. The van der Waals surface area contributed by atoms with Crippen LogP contribution in [0.25, 0.3) is 0 Å². The van der Waals surface area contributed by atoms with Gasteiger partial charge in [0, 0.05) is 4.88 Å². The number of nitrogens with zero attached hydrogens (tertiary/aromatic N) is 1. The number of anilines is 1. The van der Waals surface area contributed by atoms with Crippen LogP contribution in [0.2, 0.25) is 0 Å². The van der Waals surface area contributed by atoms with Crippen LogP contribution in [-0.2, 0) is 32.7 Å². The number of benzene rings is 1. The number of carbonyl (C=O) groups is 4. The molecule has 2 N–H and O–H groups in total. The van der Waals surface area contributed by atoms with E-state index in [1.807, 2.05) is 25.1 Å². The number of thiophene rings is 1. The minimum Gasteiger partial charge on any atom is -0.462 e. The van der Waals surface area contributed by atoms with E-state index in [0.717, 1.165) is 41.0 Å². The standard InChI is InChI=1S/C25H29N3O5S/c1-3-14-25(16-10-6-5-7-11-16)23(31)28(24(32)27-25)15-19(29)26-21-20(22(30)33-4-2)17-12-8-9-13-18(17)34-21/h5-7,10-11H,3-4,8-9,12-15H2,1-2H3,(H,26,29)(H,27,32)/t25-/m0/s1. The monoisotopic (exact) mass is 483 g/mol. The Morgan fingerprint density at radius 1 is 1.15 bits per heavy atom. The lowest BCUT2D eigenvalue weighted by molar-refractivity contribution is -0.134. The van der Waals surface area contributed by atoms with Crippen molar-refractivity contribution in [3.8, 4) is 0 Å². The number of ether oxygens (including phenoxy) is 1. The molecule has 9 heteroatoms. The molecule has 0 radical (unpaired) electrons. The second-order valence-electron chi connectivity index (χ2n) is 8.53. The molecule has 1 saturated heterocycles. The molecule has 1 atom stereocenters.